The van der Waals surface area contributed by atoms with Crippen LogP contribution in [0.25, 0.3) is 39.3 Å². The topological polar surface area (TPSA) is 8.81 Å². The molecule has 0 bridgehead atoms. The summed E-state index contributed by atoms with van der Waals surface area (Å²) in [6.07, 6.45) is 6.66. The molecule has 0 N–H and O–H groups in total. The van der Waals surface area contributed by atoms with Crippen molar-refractivity contribution in [3.8, 4) is 39.3 Å². The first kappa shape index (κ1) is 24.4. The van der Waals surface area contributed by atoms with E-state index in [4.69, 9.17) is 0 Å². The van der Waals surface area contributed by atoms with Gasteiger partial charge in [0.15, 0.2) is 0 Å². The van der Waals surface area contributed by atoms with Gasteiger partial charge in [0, 0.05) is 16.7 Å². The lowest BCUT2D eigenvalue weighted by Crippen LogP contribution is -2.30. The molecule has 0 radical (unpaired) electrons. The van der Waals surface area contributed by atoms with Gasteiger partial charge in [0.2, 0.25) is 0 Å². The zero-order valence-electron chi connectivity index (χ0n) is 23.0. The van der Waals surface area contributed by atoms with Crippen LogP contribution in [-0.4, -0.2) is 4.57 Å². The highest BCUT2D eigenvalue weighted by Gasteiger charge is 2.32. The van der Waals surface area contributed by atoms with E-state index in [1.807, 2.05) is 0 Å². The Morgan fingerprint density at radius 2 is 1.24 bits per heavy atom. The molecule has 0 atom stereocenters. The van der Waals surface area contributed by atoms with Crippen molar-refractivity contribution >= 4 is 0 Å². The molecule has 1 aromatic heterocycles. The molecule has 38 heavy (non-hydrogen) atoms. The highest BCUT2D eigenvalue weighted by Crippen LogP contribution is 2.37. The van der Waals surface area contributed by atoms with E-state index >= 15 is 0 Å². The molecule has 2 heterocycles. The molecule has 4 aromatic carbocycles. The number of nitrogens with zero attached hydrogens (tertiary/aromatic N) is 2. The Kier molecular flexibility index (Phi) is 6.49. The zero-order chi connectivity index (χ0) is 26.2. The summed E-state index contributed by atoms with van der Waals surface area (Å²) in [5, 5.41) is 0. The third-order valence-corrected chi connectivity index (χ3v) is 7.57. The number of hydrogen-bond donors (Lipinski definition) is 0. The zero-order valence-corrected chi connectivity index (χ0v) is 23.0. The van der Waals surface area contributed by atoms with Gasteiger partial charge >= 0.3 is 0 Å². The average molecular weight is 498 g/mol. The smallest absolute Gasteiger partial charge is 0.225 e. The van der Waals surface area contributed by atoms with Crippen molar-refractivity contribution in [2.24, 2.45) is 11.8 Å². The number of rotatable bonds is 7. The van der Waals surface area contributed by atoms with Crippen molar-refractivity contribution in [3.63, 3.8) is 0 Å². The van der Waals surface area contributed by atoms with E-state index < -0.39 is 0 Å². The van der Waals surface area contributed by atoms with Crippen LogP contribution >= 0.6 is 0 Å². The number of fused-ring (bicyclic) bond motifs is 3. The molecule has 6 rings (SSSR count). The molecular formula is C36H37N2+. The maximum Gasteiger partial charge on any atom is 0.294 e. The Morgan fingerprint density at radius 1 is 0.658 bits per heavy atom. The van der Waals surface area contributed by atoms with Gasteiger partial charge in [-0.1, -0.05) is 100 Å². The minimum absolute atomic E-state index is 0.569. The predicted octanol–water partition coefficient (Wildman–Crippen LogP) is 8.52. The lowest BCUT2D eigenvalue weighted by molar-refractivity contribution is -0.671. The highest BCUT2D eigenvalue weighted by atomic mass is 15.2. The number of benzene rings is 4. The predicted molar refractivity (Wildman–Crippen MR) is 158 cm³/mol. The third kappa shape index (κ3) is 4.60. The van der Waals surface area contributed by atoms with Crippen LogP contribution in [-0.2, 0) is 19.4 Å². The molecule has 0 aliphatic carbocycles. The SMILES string of the molecule is CC(C)Cc1cc(-c2ccccc2)cc(CC(C)C)c1-n1cc[n+]2c1-c1cc(-c3ccccc3)ccc1C2. The average Bonchev–Trinajstić information content (AvgIpc) is 3.48. The van der Waals surface area contributed by atoms with Crippen molar-refractivity contribution in [1.82, 2.24) is 4.57 Å². The Morgan fingerprint density at radius 3 is 1.82 bits per heavy atom. The molecular weight excluding hydrogens is 460 g/mol. The van der Waals surface area contributed by atoms with Gasteiger partial charge in [0.25, 0.3) is 5.82 Å². The standard InChI is InChI=1S/C36H37N2/c1-25(2)19-32-21-31(28-13-9-6-10-14-28)22-33(20-26(3)4)35(32)38-18-17-37-24-30-16-15-29(23-34(30)36(37)38)27-11-7-5-8-12-27/h5-18,21-23,25-26H,19-20,24H2,1-4H3/q+1. The molecule has 2 heteroatoms. The fraction of sp³-hybridized carbons (Fsp3) is 0.250. The quantitative estimate of drug-likeness (QED) is 0.195. The van der Waals surface area contributed by atoms with Crippen LogP contribution in [0.15, 0.2) is 103 Å². The van der Waals surface area contributed by atoms with E-state index in [2.05, 4.69) is 140 Å². The van der Waals surface area contributed by atoms with Crippen LogP contribution in [0.2, 0.25) is 0 Å². The Hall–Kier alpha value is -3.91. The second kappa shape index (κ2) is 10.1. The van der Waals surface area contributed by atoms with E-state index in [0.717, 1.165) is 19.4 Å². The van der Waals surface area contributed by atoms with Gasteiger partial charge in [-0.25, -0.2) is 4.57 Å². The van der Waals surface area contributed by atoms with Gasteiger partial charge in [0.05, 0.1) is 5.56 Å². The van der Waals surface area contributed by atoms with Crippen molar-refractivity contribution in [2.75, 3.05) is 0 Å². The third-order valence-electron chi connectivity index (χ3n) is 7.57. The molecule has 2 nitrogen and oxygen atoms in total. The van der Waals surface area contributed by atoms with Crippen LogP contribution in [0.5, 0.6) is 0 Å². The first-order valence-corrected chi connectivity index (χ1v) is 14.0. The van der Waals surface area contributed by atoms with Crippen LogP contribution in [0.4, 0.5) is 0 Å². The second-order valence-corrected chi connectivity index (χ2v) is 11.6. The minimum atomic E-state index is 0.569. The Labute approximate surface area is 227 Å². The summed E-state index contributed by atoms with van der Waals surface area (Å²) in [5.74, 6) is 2.43. The second-order valence-electron chi connectivity index (χ2n) is 11.6. The molecule has 1 aliphatic heterocycles. The van der Waals surface area contributed by atoms with Crippen molar-refractivity contribution in [3.05, 3.63) is 120 Å². The van der Waals surface area contributed by atoms with Gasteiger partial charge in [-0.2, -0.15) is 4.57 Å². The fourth-order valence-electron chi connectivity index (χ4n) is 5.99. The lowest BCUT2D eigenvalue weighted by Gasteiger charge is -2.18. The number of imidazole rings is 1. The number of hydrogen-bond acceptors (Lipinski definition) is 0. The maximum atomic E-state index is 2.49. The monoisotopic (exact) mass is 497 g/mol. The summed E-state index contributed by atoms with van der Waals surface area (Å²) in [7, 11) is 0. The van der Waals surface area contributed by atoms with Crippen LogP contribution in [0.1, 0.15) is 44.4 Å². The van der Waals surface area contributed by atoms with Gasteiger partial charge in [-0.05, 0) is 65.1 Å². The largest absolute Gasteiger partial charge is 0.294 e. The summed E-state index contributed by atoms with van der Waals surface area (Å²) in [4.78, 5) is 0. The van der Waals surface area contributed by atoms with Gasteiger partial charge < -0.3 is 0 Å². The van der Waals surface area contributed by atoms with Crippen molar-refractivity contribution in [1.29, 1.82) is 0 Å². The molecule has 0 saturated heterocycles. The van der Waals surface area contributed by atoms with Gasteiger partial charge in [-0.3, -0.25) is 0 Å². The van der Waals surface area contributed by atoms with Crippen LogP contribution < -0.4 is 4.57 Å². The molecule has 1 aliphatic rings. The molecule has 0 spiro atoms. The summed E-state index contributed by atoms with van der Waals surface area (Å²) in [6, 6.07) is 33.5. The fourth-order valence-corrected chi connectivity index (χ4v) is 5.99. The van der Waals surface area contributed by atoms with E-state index in [9.17, 15) is 0 Å². The lowest BCUT2D eigenvalue weighted by atomic mass is 9.89. The Bertz CT molecular complexity index is 1540. The molecule has 0 amide bonds. The normalized spacial score (nSPS) is 12.3. The first-order valence-electron chi connectivity index (χ1n) is 14.0. The van der Waals surface area contributed by atoms with Crippen molar-refractivity contribution < 1.29 is 4.57 Å². The van der Waals surface area contributed by atoms with Crippen LogP contribution in [0, 0.1) is 11.8 Å². The van der Waals surface area contributed by atoms with E-state index in [0.29, 0.717) is 11.8 Å². The van der Waals surface area contributed by atoms with E-state index in [1.54, 1.807) is 0 Å². The minimum Gasteiger partial charge on any atom is -0.225 e. The molecule has 0 saturated carbocycles. The summed E-state index contributed by atoms with van der Waals surface area (Å²) < 4.78 is 4.91. The summed E-state index contributed by atoms with van der Waals surface area (Å²) in [5.41, 5.74) is 12.1. The maximum absolute atomic E-state index is 2.49. The molecule has 0 fully saturated rings. The number of aromatic nitrogens is 2. The van der Waals surface area contributed by atoms with E-state index in [-0.39, 0.29) is 0 Å². The molecule has 5 aromatic rings. The highest BCUT2D eigenvalue weighted by molar-refractivity contribution is 5.75. The van der Waals surface area contributed by atoms with Gasteiger partial charge in [-0.15, -0.1) is 0 Å². The van der Waals surface area contributed by atoms with E-state index in [1.165, 1.54) is 56.0 Å². The summed E-state index contributed by atoms with van der Waals surface area (Å²) in [6.45, 7) is 10.2. The summed E-state index contributed by atoms with van der Waals surface area (Å²) >= 11 is 0. The van der Waals surface area contributed by atoms with Gasteiger partial charge in [0.1, 0.15) is 24.6 Å². The molecule has 0 unspecified atom stereocenters. The van der Waals surface area contributed by atoms with Crippen LogP contribution in [0.3, 0.4) is 0 Å². The van der Waals surface area contributed by atoms with Crippen molar-refractivity contribution in [2.45, 2.75) is 47.1 Å². The Balaban J connectivity index is 1.56. The molecule has 190 valence electrons. The first-order chi connectivity index (χ1) is 18.5.